The van der Waals surface area contributed by atoms with Crippen LogP contribution in [0.5, 0.6) is 0 Å². The number of amides is 1. The van der Waals surface area contributed by atoms with E-state index in [-0.39, 0.29) is 5.91 Å². The van der Waals surface area contributed by atoms with Crippen molar-refractivity contribution in [3.63, 3.8) is 0 Å². The van der Waals surface area contributed by atoms with Gasteiger partial charge in [0.15, 0.2) is 0 Å². The van der Waals surface area contributed by atoms with E-state index in [9.17, 15) is 4.79 Å². The normalized spacial score (nSPS) is 14.8. The third-order valence-electron chi connectivity index (χ3n) is 5.84. The highest BCUT2D eigenvalue weighted by atomic mass is 79.9. The van der Waals surface area contributed by atoms with E-state index in [1.54, 1.807) is 0 Å². The Bertz CT molecular complexity index is 1070. The molecule has 0 atom stereocenters. The maximum absolute atomic E-state index is 13.0. The van der Waals surface area contributed by atoms with E-state index < -0.39 is 0 Å². The zero-order chi connectivity index (χ0) is 22.0. The van der Waals surface area contributed by atoms with Gasteiger partial charge in [0.2, 0.25) is 0 Å². The largest absolute Gasteiger partial charge is 0.336 e. The number of rotatable bonds is 5. The van der Waals surface area contributed by atoms with Crippen LogP contribution in [-0.4, -0.2) is 51.7 Å². The van der Waals surface area contributed by atoms with Crippen molar-refractivity contribution in [1.82, 2.24) is 19.6 Å². The molecule has 0 radical (unpaired) electrons. The van der Waals surface area contributed by atoms with Crippen LogP contribution in [0.3, 0.4) is 0 Å². The highest BCUT2D eigenvalue weighted by molar-refractivity contribution is 9.10. The second-order valence-electron chi connectivity index (χ2n) is 8.00. The van der Waals surface area contributed by atoms with Gasteiger partial charge in [-0.05, 0) is 59.1 Å². The lowest BCUT2D eigenvalue weighted by atomic mass is 10.1. The lowest BCUT2D eigenvalue weighted by Gasteiger charge is -2.35. The predicted octanol–water partition coefficient (Wildman–Crippen LogP) is 4.92. The molecule has 31 heavy (non-hydrogen) atoms. The van der Waals surface area contributed by atoms with Crippen molar-refractivity contribution in [2.75, 3.05) is 26.2 Å². The number of carbonyl (C=O) groups is 1. The van der Waals surface area contributed by atoms with Gasteiger partial charge in [0.25, 0.3) is 5.91 Å². The minimum Gasteiger partial charge on any atom is -0.336 e. The van der Waals surface area contributed by atoms with Crippen LogP contribution in [0.25, 0.3) is 0 Å². The van der Waals surface area contributed by atoms with Crippen molar-refractivity contribution < 1.29 is 4.79 Å². The molecule has 1 aliphatic heterocycles. The van der Waals surface area contributed by atoms with E-state index in [1.165, 1.54) is 0 Å². The minimum atomic E-state index is 0.0952. The summed E-state index contributed by atoms with van der Waals surface area (Å²) in [6, 6.07) is 15.8. The quantitative estimate of drug-likeness (QED) is 0.498. The Morgan fingerprint density at radius 2 is 1.68 bits per heavy atom. The summed E-state index contributed by atoms with van der Waals surface area (Å²) in [4.78, 5) is 17.2. The van der Waals surface area contributed by atoms with E-state index in [0.717, 1.165) is 70.3 Å². The minimum absolute atomic E-state index is 0.0952. The zero-order valence-electron chi connectivity index (χ0n) is 17.8. The Labute approximate surface area is 196 Å². The molecule has 1 saturated heterocycles. The van der Waals surface area contributed by atoms with Crippen molar-refractivity contribution in [3.05, 3.63) is 86.1 Å². The molecule has 7 heteroatoms. The van der Waals surface area contributed by atoms with Crippen molar-refractivity contribution in [3.8, 4) is 0 Å². The number of nitrogens with zero attached hydrogens (tertiary/aromatic N) is 4. The van der Waals surface area contributed by atoms with Gasteiger partial charge in [0.1, 0.15) is 0 Å². The Hall–Kier alpha value is -2.15. The molecule has 0 aliphatic carbocycles. The van der Waals surface area contributed by atoms with Crippen molar-refractivity contribution in [1.29, 1.82) is 0 Å². The monoisotopic (exact) mass is 500 g/mol. The maximum Gasteiger partial charge on any atom is 0.253 e. The number of aromatic nitrogens is 2. The second kappa shape index (κ2) is 9.55. The summed E-state index contributed by atoms with van der Waals surface area (Å²) < 4.78 is 3.03. The fraction of sp³-hybridized carbons (Fsp3) is 0.333. The Kier molecular flexibility index (Phi) is 6.80. The lowest BCUT2D eigenvalue weighted by molar-refractivity contribution is 0.0628. The fourth-order valence-electron chi connectivity index (χ4n) is 3.91. The molecule has 1 amide bonds. The number of hydrogen-bond donors (Lipinski definition) is 0. The molecule has 0 unspecified atom stereocenters. The SMILES string of the molecule is Cc1nn(Cc2ccc(C(=O)N3CCN(Cc4ccccc4Cl)CC3)cc2)c(C)c1Br. The molecule has 1 aromatic heterocycles. The van der Waals surface area contributed by atoms with Gasteiger partial charge in [0, 0.05) is 43.3 Å². The summed E-state index contributed by atoms with van der Waals surface area (Å²) in [7, 11) is 0. The van der Waals surface area contributed by atoms with Gasteiger partial charge in [-0.3, -0.25) is 14.4 Å². The Morgan fingerprint density at radius 3 is 2.29 bits per heavy atom. The van der Waals surface area contributed by atoms with Gasteiger partial charge in [0.05, 0.1) is 22.4 Å². The smallest absolute Gasteiger partial charge is 0.253 e. The van der Waals surface area contributed by atoms with E-state index >= 15 is 0 Å². The predicted molar refractivity (Wildman–Crippen MR) is 128 cm³/mol. The molecular weight excluding hydrogens is 476 g/mol. The second-order valence-corrected chi connectivity index (χ2v) is 9.20. The lowest BCUT2D eigenvalue weighted by Crippen LogP contribution is -2.48. The van der Waals surface area contributed by atoms with Gasteiger partial charge in [-0.2, -0.15) is 5.10 Å². The van der Waals surface area contributed by atoms with E-state index in [2.05, 4.69) is 32.0 Å². The van der Waals surface area contributed by atoms with Crippen LogP contribution in [0.4, 0.5) is 0 Å². The Balaban J connectivity index is 1.33. The van der Waals surface area contributed by atoms with Crippen LogP contribution in [0.1, 0.15) is 32.9 Å². The van der Waals surface area contributed by atoms with Gasteiger partial charge >= 0.3 is 0 Å². The molecule has 0 saturated carbocycles. The number of benzene rings is 2. The number of piperazine rings is 1. The van der Waals surface area contributed by atoms with Crippen LogP contribution in [0, 0.1) is 13.8 Å². The van der Waals surface area contributed by atoms with Crippen LogP contribution in [0.15, 0.2) is 53.0 Å². The highest BCUT2D eigenvalue weighted by Crippen LogP contribution is 2.21. The first-order valence-electron chi connectivity index (χ1n) is 10.5. The molecule has 1 aliphatic rings. The zero-order valence-corrected chi connectivity index (χ0v) is 20.2. The van der Waals surface area contributed by atoms with Gasteiger partial charge in [-0.15, -0.1) is 0 Å². The summed E-state index contributed by atoms with van der Waals surface area (Å²) >= 11 is 9.86. The molecule has 2 aromatic carbocycles. The highest BCUT2D eigenvalue weighted by Gasteiger charge is 2.22. The standard InChI is InChI=1S/C24H26BrClN4O/c1-17-23(25)18(2)30(27-17)15-19-7-9-20(10-8-19)24(31)29-13-11-28(12-14-29)16-21-5-3-4-6-22(21)26/h3-10H,11-16H2,1-2H3. The van der Waals surface area contributed by atoms with E-state index in [1.807, 2.05) is 65.9 Å². The van der Waals surface area contributed by atoms with E-state index in [4.69, 9.17) is 11.6 Å². The molecule has 2 heterocycles. The molecule has 0 bridgehead atoms. The molecule has 5 nitrogen and oxygen atoms in total. The topological polar surface area (TPSA) is 41.4 Å². The molecule has 162 valence electrons. The third-order valence-corrected chi connectivity index (χ3v) is 7.35. The average molecular weight is 502 g/mol. The molecular formula is C24H26BrClN4O. The first-order chi connectivity index (χ1) is 14.9. The third kappa shape index (κ3) is 5.03. The summed E-state index contributed by atoms with van der Waals surface area (Å²) in [6.45, 7) is 8.70. The van der Waals surface area contributed by atoms with Crippen molar-refractivity contribution in [2.24, 2.45) is 0 Å². The Morgan fingerprint density at radius 1 is 1.00 bits per heavy atom. The maximum atomic E-state index is 13.0. The van der Waals surface area contributed by atoms with Crippen molar-refractivity contribution >= 4 is 33.4 Å². The van der Waals surface area contributed by atoms with E-state index in [0.29, 0.717) is 6.54 Å². The van der Waals surface area contributed by atoms with Crippen LogP contribution in [-0.2, 0) is 13.1 Å². The van der Waals surface area contributed by atoms with Crippen LogP contribution >= 0.6 is 27.5 Å². The summed E-state index contributed by atoms with van der Waals surface area (Å²) in [5.41, 5.74) is 5.08. The molecule has 3 aromatic rings. The molecule has 1 fully saturated rings. The summed E-state index contributed by atoms with van der Waals surface area (Å²) in [6.07, 6.45) is 0. The number of halogens is 2. The van der Waals surface area contributed by atoms with Gasteiger partial charge in [-0.1, -0.05) is 41.9 Å². The van der Waals surface area contributed by atoms with Gasteiger partial charge in [-0.25, -0.2) is 0 Å². The van der Waals surface area contributed by atoms with Gasteiger partial charge < -0.3 is 4.90 Å². The summed E-state index contributed by atoms with van der Waals surface area (Å²) in [5.74, 6) is 0.0952. The number of carbonyl (C=O) groups excluding carboxylic acids is 1. The van der Waals surface area contributed by atoms with Crippen molar-refractivity contribution in [2.45, 2.75) is 26.9 Å². The first-order valence-corrected chi connectivity index (χ1v) is 11.6. The summed E-state index contributed by atoms with van der Waals surface area (Å²) in [5, 5.41) is 5.36. The molecule has 0 N–H and O–H groups in total. The fourth-order valence-corrected chi connectivity index (χ4v) is 4.39. The number of hydrogen-bond acceptors (Lipinski definition) is 3. The molecule has 4 rings (SSSR count). The van der Waals surface area contributed by atoms with Crippen LogP contribution in [0.2, 0.25) is 5.02 Å². The molecule has 0 spiro atoms. The number of aryl methyl sites for hydroxylation is 1. The first kappa shape index (κ1) is 22.1. The average Bonchev–Trinajstić information content (AvgIpc) is 3.02. The van der Waals surface area contributed by atoms with Crippen LogP contribution < -0.4 is 0 Å².